The third-order valence-electron chi connectivity index (χ3n) is 4.44. The Bertz CT molecular complexity index is 731. The molecule has 1 fully saturated rings. The van der Waals surface area contributed by atoms with Crippen LogP contribution in [0, 0.1) is 5.92 Å². The van der Waals surface area contributed by atoms with Gasteiger partial charge in [0.15, 0.2) is 0 Å². The number of carbonyl (C=O) groups is 2. The average Bonchev–Trinajstić information content (AvgIpc) is 3.10. The highest BCUT2D eigenvalue weighted by atomic mass is 16.2. The first-order chi connectivity index (χ1) is 12.0. The van der Waals surface area contributed by atoms with Crippen molar-refractivity contribution in [3.8, 4) is 0 Å². The Balaban J connectivity index is 1.58. The zero-order chi connectivity index (χ0) is 17.8. The largest absolute Gasteiger partial charge is 0.339 e. The number of carbonyl (C=O) groups excluding carboxylic acids is 2. The predicted molar refractivity (Wildman–Crippen MR) is 95.1 cm³/mol. The Morgan fingerprint density at radius 2 is 1.68 bits per heavy atom. The van der Waals surface area contributed by atoms with Crippen LogP contribution < -0.4 is 0 Å². The van der Waals surface area contributed by atoms with E-state index < -0.39 is 0 Å². The van der Waals surface area contributed by atoms with Gasteiger partial charge in [-0.05, 0) is 5.56 Å². The lowest BCUT2D eigenvalue weighted by atomic mass is 10.1. The lowest BCUT2D eigenvalue weighted by Gasteiger charge is -2.35. The molecular formula is C19H24N4O2. The van der Waals surface area contributed by atoms with Crippen molar-refractivity contribution in [2.24, 2.45) is 5.92 Å². The van der Waals surface area contributed by atoms with Gasteiger partial charge in [0.1, 0.15) is 0 Å². The molecule has 1 aliphatic rings. The standard InChI is InChI=1S/C19H24N4O2/c1-15(2)18(24)21-8-10-22(11-9-21)19(25)17-12-20-23(14-17)13-16-6-4-3-5-7-16/h3-7,12,14-15H,8-11,13H2,1-2H3. The van der Waals surface area contributed by atoms with Crippen LogP contribution >= 0.6 is 0 Å². The number of rotatable bonds is 4. The zero-order valence-corrected chi connectivity index (χ0v) is 14.8. The van der Waals surface area contributed by atoms with Crippen LogP contribution in [0.5, 0.6) is 0 Å². The summed E-state index contributed by atoms with van der Waals surface area (Å²) in [5.41, 5.74) is 1.74. The smallest absolute Gasteiger partial charge is 0.257 e. The van der Waals surface area contributed by atoms with Gasteiger partial charge in [0, 0.05) is 38.3 Å². The first-order valence-corrected chi connectivity index (χ1v) is 8.69. The van der Waals surface area contributed by atoms with Gasteiger partial charge in [0.05, 0.1) is 18.3 Å². The molecule has 0 spiro atoms. The van der Waals surface area contributed by atoms with Crippen molar-refractivity contribution >= 4 is 11.8 Å². The lowest BCUT2D eigenvalue weighted by molar-refractivity contribution is -0.135. The minimum absolute atomic E-state index is 0.00142. The van der Waals surface area contributed by atoms with E-state index in [1.54, 1.807) is 22.0 Å². The molecule has 0 bridgehead atoms. The van der Waals surface area contributed by atoms with Gasteiger partial charge in [0.2, 0.25) is 5.91 Å². The van der Waals surface area contributed by atoms with E-state index in [2.05, 4.69) is 5.10 Å². The van der Waals surface area contributed by atoms with Crippen molar-refractivity contribution < 1.29 is 9.59 Å². The molecule has 0 saturated carbocycles. The van der Waals surface area contributed by atoms with Crippen LogP contribution in [0.1, 0.15) is 29.8 Å². The van der Waals surface area contributed by atoms with Gasteiger partial charge in [-0.1, -0.05) is 44.2 Å². The minimum Gasteiger partial charge on any atom is -0.339 e. The molecule has 1 aliphatic heterocycles. The summed E-state index contributed by atoms with van der Waals surface area (Å²) in [5, 5.41) is 4.30. The number of benzene rings is 1. The van der Waals surface area contributed by atoms with Crippen molar-refractivity contribution in [1.29, 1.82) is 0 Å². The lowest BCUT2D eigenvalue weighted by Crippen LogP contribution is -2.51. The molecule has 132 valence electrons. The fourth-order valence-electron chi connectivity index (χ4n) is 3.01. The number of aromatic nitrogens is 2. The van der Waals surface area contributed by atoms with Gasteiger partial charge < -0.3 is 9.80 Å². The molecule has 2 aromatic rings. The second-order valence-corrected chi connectivity index (χ2v) is 6.68. The first kappa shape index (κ1) is 17.2. The van der Waals surface area contributed by atoms with Crippen LogP contribution in [0.15, 0.2) is 42.7 Å². The van der Waals surface area contributed by atoms with Gasteiger partial charge in [-0.25, -0.2) is 0 Å². The monoisotopic (exact) mass is 340 g/mol. The molecule has 2 heterocycles. The molecule has 0 unspecified atom stereocenters. The van der Waals surface area contributed by atoms with Crippen LogP contribution in [0.4, 0.5) is 0 Å². The Morgan fingerprint density at radius 1 is 1.04 bits per heavy atom. The van der Waals surface area contributed by atoms with Crippen LogP contribution in [0.3, 0.4) is 0 Å². The normalized spacial score (nSPS) is 14.8. The molecule has 0 atom stereocenters. The van der Waals surface area contributed by atoms with E-state index in [4.69, 9.17) is 0 Å². The van der Waals surface area contributed by atoms with E-state index in [9.17, 15) is 9.59 Å². The third-order valence-corrected chi connectivity index (χ3v) is 4.44. The highest BCUT2D eigenvalue weighted by Gasteiger charge is 2.26. The highest BCUT2D eigenvalue weighted by Crippen LogP contribution is 2.11. The van der Waals surface area contributed by atoms with Gasteiger partial charge in [0.25, 0.3) is 5.91 Å². The number of nitrogens with zero attached hydrogens (tertiary/aromatic N) is 4. The quantitative estimate of drug-likeness (QED) is 0.854. The van der Waals surface area contributed by atoms with E-state index in [0.29, 0.717) is 38.3 Å². The van der Waals surface area contributed by atoms with Crippen LogP contribution in [0.25, 0.3) is 0 Å². The molecule has 6 heteroatoms. The van der Waals surface area contributed by atoms with E-state index in [0.717, 1.165) is 5.56 Å². The number of piperazine rings is 1. The number of hydrogen-bond acceptors (Lipinski definition) is 3. The summed E-state index contributed by atoms with van der Waals surface area (Å²) in [4.78, 5) is 28.3. The molecule has 25 heavy (non-hydrogen) atoms. The molecule has 0 N–H and O–H groups in total. The third kappa shape index (κ3) is 4.07. The molecule has 0 radical (unpaired) electrons. The Hall–Kier alpha value is -2.63. The van der Waals surface area contributed by atoms with E-state index in [1.807, 2.05) is 49.1 Å². The van der Waals surface area contributed by atoms with Gasteiger partial charge >= 0.3 is 0 Å². The summed E-state index contributed by atoms with van der Waals surface area (Å²) in [6.45, 7) is 6.79. The maximum atomic E-state index is 12.6. The van der Waals surface area contributed by atoms with Crippen LogP contribution in [-0.2, 0) is 11.3 Å². The number of hydrogen-bond donors (Lipinski definition) is 0. The van der Waals surface area contributed by atoms with Crippen molar-refractivity contribution in [3.05, 3.63) is 53.9 Å². The molecule has 2 amide bonds. The molecule has 1 saturated heterocycles. The Morgan fingerprint density at radius 3 is 2.32 bits per heavy atom. The second kappa shape index (κ2) is 7.51. The van der Waals surface area contributed by atoms with E-state index in [-0.39, 0.29) is 17.7 Å². The summed E-state index contributed by atoms with van der Waals surface area (Å²) < 4.78 is 1.78. The Labute approximate surface area is 148 Å². The predicted octanol–water partition coefficient (Wildman–Crippen LogP) is 1.87. The van der Waals surface area contributed by atoms with Crippen molar-refractivity contribution in [1.82, 2.24) is 19.6 Å². The van der Waals surface area contributed by atoms with E-state index in [1.165, 1.54) is 0 Å². The first-order valence-electron chi connectivity index (χ1n) is 8.69. The van der Waals surface area contributed by atoms with Gasteiger partial charge in [-0.3, -0.25) is 14.3 Å². The SMILES string of the molecule is CC(C)C(=O)N1CCN(C(=O)c2cnn(Cc3ccccc3)c2)CC1. The fraction of sp³-hybridized carbons (Fsp3) is 0.421. The molecule has 1 aromatic heterocycles. The molecule has 6 nitrogen and oxygen atoms in total. The second-order valence-electron chi connectivity index (χ2n) is 6.68. The molecule has 1 aromatic carbocycles. The highest BCUT2D eigenvalue weighted by molar-refractivity contribution is 5.94. The maximum Gasteiger partial charge on any atom is 0.257 e. The van der Waals surface area contributed by atoms with Crippen molar-refractivity contribution in [3.63, 3.8) is 0 Å². The number of amides is 2. The van der Waals surface area contributed by atoms with Gasteiger partial charge in [-0.2, -0.15) is 5.10 Å². The summed E-state index contributed by atoms with van der Waals surface area (Å²) in [5.74, 6) is 0.136. The average molecular weight is 340 g/mol. The van der Waals surface area contributed by atoms with E-state index >= 15 is 0 Å². The minimum atomic E-state index is -0.0176. The molecule has 3 rings (SSSR count). The van der Waals surface area contributed by atoms with Crippen LogP contribution in [-0.4, -0.2) is 57.6 Å². The summed E-state index contributed by atoms with van der Waals surface area (Å²) in [7, 11) is 0. The maximum absolute atomic E-state index is 12.6. The van der Waals surface area contributed by atoms with Crippen molar-refractivity contribution in [2.45, 2.75) is 20.4 Å². The molecular weight excluding hydrogens is 316 g/mol. The summed E-state index contributed by atoms with van der Waals surface area (Å²) >= 11 is 0. The molecule has 0 aliphatic carbocycles. The Kier molecular flexibility index (Phi) is 5.16. The summed E-state index contributed by atoms with van der Waals surface area (Å²) in [6.07, 6.45) is 3.41. The zero-order valence-electron chi connectivity index (χ0n) is 14.8. The van der Waals surface area contributed by atoms with Crippen LogP contribution in [0.2, 0.25) is 0 Å². The fourth-order valence-corrected chi connectivity index (χ4v) is 3.01. The van der Waals surface area contributed by atoms with Crippen molar-refractivity contribution in [2.75, 3.05) is 26.2 Å². The topological polar surface area (TPSA) is 58.4 Å². The summed E-state index contributed by atoms with van der Waals surface area (Å²) in [6, 6.07) is 10.0. The van der Waals surface area contributed by atoms with Gasteiger partial charge in [-0.15, -0.1) is 0 Å².